The number of methoxy groups -OCH3 is 1. The molecule has 0 aliphatic rings. The second-order valence-corrected chi connectivity index (χ2v) is 5.01. The quantitative estimate of drug-likeness (QED) is 0.806. The summed E-state index contributed by atoms with van der Waals surface area (Å²) in [6.07, 6.45) is 0. The molecule has 0 aliphatic heterocycles. The fourth-order valence-electron chi connectivity index (χ4n) is 2.14. The lowest BCUT2D eigenvalue weighted by molar-refractivity contribution is -0.130. The SMILES string of the molecule is COCCN(Cc1ccccc1)C(=O)CNc1ccccc1.Cl. The van der Waals surface area contributed by atoms with Gasteiger partial charge in [-0.2, -0.15) is 0 Å². The molecule has 1 N–H and O–H groups in total. The predicted octanol–water partition coefficient (Wildman–Crippen LogP) is 3.20. The molecule has 1 amide bonds. The molecular formula is C18H23ClN2O2. The number of carbonyl (C=O) groups is 1. The van der Waals surface area contributed by atoms with Gasteiger partial charge < -0.3 is 15.0 Å². The van der Waals surface area contributed by atoms with E-state index >= 15 is 0 Å². The third kappa shape index (κ3) is 6.72. The van der Waals surface area contributed by atoms with E-state index in [1.807, 2.05) is 65.6 Å². The van der Waals surface area contributed by atoms with E-state index in [0.717, 1.165) is 11.3 Å². The number of nitrogens with one attached hydrogen (secondary N) is 1. The van der Waals surface area contributed by atoms with E-state index in [4.69, 9.17) is 4.74 Å². The van der Waals surface area contributed by atoms with Gasteiger partial charge in [0.2, 0.25) is 5.91 Å². The predicted molar refractivity (Wildman–Crippen MR) is 95.9 cm³/mol. The Hall–Kier alpha value is -2.04. The summed E-state index contributed by atoms with van der Waals surface area (Å²) >= 11 is 0. The zero-order valence-electron chi connectivity index (χ0n) is 13.3. The molecule has 0 saturated heterocycles. The number of para-hydroxylation sites is 1. The van der Waals surface area contributed by atoms with E-state index in [2.05, 4.69) is 5.32 Å². The molecule has 0 fully saturated rings. The average Bonchev–Trinajstić information content (AvgIpc) is 2.58. The number of anilines is 1. The van der Waals surface area contributed by atoms with Gasteiger partial charge in [0.05, 0.1) is 13.2 Å². The Labute approximate surface area is 143 Å². The van der Waals surface area contributed by atoms with Gasteiger partial charge in [-0.1, -0.05) is 48.5 Å². The van der Waals surface area contributed by atoms with E-state index in [1.54, 1.807) is 7.11 Å². The Morgan fingerprint density at radius 2 is 1.65 bits per heavy atom. The lowest BCUT2D eigenvalue weighted by Crippen LogP contribution is -2.37. The second kappa shape index (κ2) is 10.6. The number of rotatable bonds is 8. The van der Waals surface area contributed by atoms with Crippen LogP contribution < -0.4 is 5.32 Å². The van der Waals surface area contributed by atoms with E-state index in [0.29, 0.717) is 19.7 Å². The van der Waals surface area contributed by atoms with Crippen LogP contribution in [0.25, 0.3) is 0 Å². The summed E-state index contributed by atoms with van der Waals surface area (Å²) in [5.74, 6) is 0.0600. The molecule has 0 unspecified atom stereocenters. The van der Waals surface area contributed by atoms with Gasteiger partial charge >= 0.3 is 0 Å². The van der Waals surface area contributed by atoms with Crippen molar-refractivity contribution in [2.75, 3.05) is 32.1 Å². The summed E-state index contributed by atoms with van der Waals surface area (Å²) in [6.45, 7) is 1.99. The molecule has 0 aromatic heterocycles. The van der Waals surface area contributed by atoms with Crippen LogP contribution >= 0.6 is 12.4 Å². The van der Waals surface area contributed by atoms with E-state index in [-0.39, 0.29) is 24.9 Å². The van der Waals surface area contributed by atoms with Crippen LogP contribution in [0.5, 0.6) is 0 Å². The number of halogens is 1. The molecule has 2 rings (SSSR count). The molecular weight excluding hydrogens is 312 g/mol. The minimum atomic E-state index is 0. The van der Waals surface area contributed by atoms with Gasteiger partial charge in [0.15, 0.2) is 0 Å². The van der Waals surface area contributed by atoms with Crippen molar-refractivity contribution < 1.29 is 9.53 Å². The number of benzene rings is 2. The molecule has 4 nitrogen and oxygen atoms in total. The summed E-state index contributed by atoms with van der Waals surface area (Å²) in [5, 5.41) is 3.16. The first kappa shape index (κ1) is 19.0. The summed E-state index contributed by atoms with van der Waals surface area (Å²) in [5.41, 5.74) is 2.06. The molecule has 0 heterocycles. The fraction of sp³-hybridized carbons (Fsp3) is 0.278. The first-order chi connectivity index (χ1) is 10.8. The van der Waals surface area contributed by atoms with Crippen molar-refractivity contribution >= 4 is 24.0 Å². The molecule has 0 saturated carbocycles. The fourth-order valence-corrected chi connectivity index (χ4v) is 2.14. The Bertz CT molecular complexity index is 564. The van der Waals surface area contributed by atoms with Crippen molar-refractivity contribution in [3.63, 3.8) is 0 Å². The van der Waals surface area contributed by atoms with Gasteiger partial charge in [-0.25, -0.2) is 0 Å². The highest BCUT2D eigenvalue weighted by molar-refractivity contribution is 5.85. The normalized spacial score (nSPS) is 9.78. The van der Waals surface area contributed by atoms with Crippen molar-refractivity contribution in [3.05, 3.63) is 66.2 Å². The largest absolute Gasteiger partial charge is 0.383 e. The molecule has 0 atom stereocenters. The van der Waals surface area contributed by atoms with E-state index < -0.39 is 0 Å². The van der Waals surface area contributed by atoms with Gasteiger partial charge in [0.1, 0.15) is 0 Å². The van der Waals surface area contributed by atoms with E-state index in [9.17, 15) is 4.79 Å². The van der Waals surface area contributed by atoms with Gasteiger partial charge in [0.25, 0.3) is 0 Å². The Morgan fingerprint density at radius 3 is 2.26 bits per heavy atom. The maximum Gasteiger partial charge on any atom is 0.242 e. The number of hydrogen-bond donors (Lipinski definition) is 1. The molecule has 0 spiro atoms. The van der Waals surface area contributed by atoms with Crippen LogP contribution in [-0.2, 0) is 16.1 Å². The van der Waals surface area contributed by atoms with Crippen LogP contribution in [0.1, 0.15) is 5.56 Å². The van der Waals surface area contributed by atoms with Crippen molar-refractivity contribution in [2.24, 2.45) is 0 Å². The van der Waals surface area contributed by atoms with Crippen LogP contribution in [0.4, 0.5) is 5.69 Å². The van der Waals surface area contributed by atoms with Gasteiger partial charge in [-0.15, -0.1) is 12.4 Å². The van der Waals surface area contributed by atoms with Crippen molar-refractivity contribution in [1.29, 1.82) is 0 Å². The number of amides is 1. The maximum absolute atomic E-state index is 12.4. The minimum Gasteiger partial charge on any atom is -0.383 e. The first-order valence-electron chi connectivity index (χ1n) is 7.39. The highest BCUT2D eigenvalue weighted by Crippen LogP contribution is 2.07. The first-order valence-corrected chi connectivity index (χ1v) is 7.39. The zero-order chi connectivity index (χ0) is 15.6. The number of ether oxygens (including phenoxy) is 1. The second-order valence-electron chi connectivity index (χ2n) is 5.01. The molecule has 0 radical (unpaired) electrons. The van der Waals surface area contributed by atoms with Crippen LogP contribution in [0.3, 0.4) is 0 Å². The van der Waals surface area contributed by atoms with Crippen molar-refractivity contribution in [2.45, 2.75) is 6.54 Å². The Morgan fingerprint density at radius 1 is 1.04 bits per heavy atom. The number of hydrogen-bond acceptors (Lipinski definition) is 3. The standard InChI is InChI=1S/C18H22N2O2.ClH/c1-22-13-12-20(15-16-8-4-2-5-9-16)18(21)14-19-17-10-6-3-7-11-17;/h2-11,19H,12-15H2,1H3;1H. The smallest absolute Gasteiger partial charge is 0.242 e. The summed E-state index contributed by atoms with van der Waals surface area (Å²) in [4.78, 5) is 14.2. The van der Waals surface area contributed by atoms with Crippen LogP contribution in [0, 0.1) is 0 Å². The molecule has 2 aromatic rings. The average molecular weight is 335 g/mol. The summed E-state index contributed by atoms with van der Waals surface area (Å²) in [7, 11) is 1.65. The highest BCUT2D eigenvalue weighted by Gasteiger charge is 2.13. The molecule has 124 valence electrons. The zero-order valence-corrected chi connectivity index (χ0v) is 14.1. The molecule has 0 aliphatic carbocycles. The van der Waals surface area contributed by atoms with Crippen LogP contribution in [-0.4, -0.2) is 37.6 Å². The topological polar surface area (TPSA) is 41.6 Å². The van der Waals surface area contributed by atoms with Crippen molar-refractivity contribution in [3.8, 4) is 0 Å². The summed E-state index contributed by atoms with van der Waals surface area (Å²) in [6, 6.07) is 19.7. The van der Waals surface area contributed by atoms with Crippen LogP contribution in [0.2, 0.25) is 0 Å². The minimum absolute atomic E-state index is 0. The van der Waals surface area contributed by atoms with Gasteiger partial charge in [-0.05, 0) is 17.7 Å². The van der Waals surface area contributed by atoms with Crippen molar-refractivity contribution in [1.82, 2.24) is 4.90 Å². The monoisotopic (exact) mass is 334 g/mol. The van der Waals surface area contributed by atoms with Gasteiger partial charge in [0, 0.05) is 25.9 Å². The highest BCUT2D eigenvalue weighted by atomic mass is 35.5. The molecule has 2 aromatic carbocycles. The lowest BCUT2D eigenvalue weighted by atomic mass is 10.2. The Kier molecular flexibility index (Phi) is 8.80. The molecule has 0 bridgehead atoms. The third-order valence-electron chi connectivity index (χ3n) is 3.35. The third-order valence-corrected chi connectivity index (χ3v) is 3.35. The van der Waals surface area contributed by atoms with E-state index in [1.165, 1.54) is 0 Å². The number of nitrogens with zero attached hydrogens (tertiary/aromatic N) is 1. The van der Waals surface area contributed by atoms with Gasteiger partial charge in [-0.3, -0.25) is 4.79 Å². The lowest BCUT2D eigenvalue weighted by Gasteiger charge is -2.23. The van der Waals surface area contributed by atoms with Crippen LogP contribution in [0.15, 0.2) is 60.7 Å². The summed E-state index contributed by atoms with van der Waals surface area (Å²) < 4.78 is 5.11. The molecule has 5 heteroatoms. The maximum atomic E-state index is 12.4. The molecule has 23 heavy (non-hydrogen) atoms. The number of carbonyl (C=O) groups excluding carboxylic acids is 1. The Balaban J connectivity index is 0.00000264.